The van der Waals surface area contributed by atoms with Crippen molar-refractivity contribution in [2.45, 2.75) is 44.7 Å². The number of rotatable bonds is 3. The lowest BCUT2D eigenvalue weighted by Gasteiger charge is -2.32. The fourth-order valence-corrected chi connectivity index (χ4v) is 3.77. The highest BCUT2D eigenvalue weighted by Gasteiger charge is 2.25. The Balaban J connectivity index is 1.81. The van der Waals surface area contributed by atoms with Crippen LogP contribution in [0.25, 0.3) is 0 Å². The zero-order chi connectivity index (χ0) is 14.8. The van der Waals surface area contributed by atoms with Crippen LogP contribution in [-0.4, -0.2) is 0 Å². The fourth-order valence-electron chi connectivity index (χ4n) is 3.35. The lowest BCUT2D eigenvalue weighted by molar-refractivity contribution is 0.396. The van der Waals surface area contributed by atoms with Gasteiger partial charge in [0.25, 0.3) is 0 Å². The normalized spacial score (nSPS) is 22.6. The summed E-state index contributed by atoms with van der Waals surface area (Å²) in [4.78, 5) is 0. The van der Waals surface area contributed by atoms with Gasteiger partial charge in [-0.25, -0.2) is 0 Å². The molecule has 3 rings (SSSR count). The lowest BCUT2D eigenvalue weighted by Crippen LogP contribution is -2.28. The molecule has 0 aliphatic heterocycles. The van der Waals surface area contributed by atoms with Crippen molar-refractivity contribution in [3.8, 4) is 0 Å². The molecule has 2 aromatic rings. The molecule has 0 spiro atoms. The van der Waals surface area contributed by atoms with Crippen LogP contribution in [-0.2, 0) is 0 Å². The second-order valence-corrected chi connectivity index (χ2v) is 7.02. The first-order valence-electron chi connectivity index (χ1n) is 7.75. The van der Waals surface area contributed by atoms with Gasteiger partial charge in [-0.3, -0.25) is 0 Å². The third kappa shape index (κ3) is 3.22. The summed E-state index contributed by atoms with van der Waals surface area (Å²) in [5.41, 5.74) is 4.33. The van der Waals surface area contributed by atoms with Crippen LogP contribution in [0.5, 0.6) is 0 Å². The molecular formula is C19H22BrN. The smallest absolute Gasteiger partial charge is 0.0328 e. The van der Waals surface area contributed by atoms with Crippen LogP contribution in [0.4, 0.5) is 0 Å². The minimum Gasteiger partial charge on any atom is -0.303 e. The van der Waals surface area contributed by atoms with E-state index in [0.29, 0.717) is 18.0 Å². The van der Waals surface area contributed by atoms with E-state index in [-0.39, 0.29) is 0 Å². The van der Waals surface area contributed by atoms with Gasteiger partial charge in [-0.2, -0.15) is 0 Å². The summed E-state index contributed by atoms with van der Waals surface area (Å²) < 4.78 is 1.14. The maximum atomic E-state index is 3.82. The third-order valence-corrected chi connectivity index (χ3v) is 5.08. The molecule has 0 heterocycles. The fraction of sp³-hybridized carbons (Fsp3) is 0.368. The molecule has 110 valence electrons. The van der Waals surface area contributed by atoms with Crippen LogP contribution in [0.2, 0.25) is 0 Å². The first-order valence-corrected chi connectivity index (χ1v) is 8.55. The Morgan fingerprint density at radius 1 is 1.05 bits per heavy atom. The molecule has 2 aromatic carbocycles. The van der Waals surface area contributed by atoms with Crippen molar-refractivity contribution < 1.29 is 0 Å². The quantitative estimate of drug-likeness (QED) is 0.749. The topological polar surface area (TPSA) is 12.0 Å². The van der Waals surface area contributed by atoms with E-state index in [1.807, 2.05) is 0 Å². The van der Waals surface area contributed by atoms with Gasteiger partial charge in [0.15, 0.2) is 0 Å². The van der Waals surface area contributed by atoms with E-state index in [2.05, 4.69) is 83.6 Å². The number of hydrogen-bond donors (Lipinski definition) is 1. The first-order chi connectivity index (χ1) is 10.1. The van der Waals surface area contributed by atoms with Crippen LogP contribution >= 0.6 is 15.9 Å². The summed E-state index contributed by atoms with van der Waals surface area (Å²) in [6.07, 6.45) is 2.48. The molecule has 3 unspecified atom stereocenters. The molecule has 0 saturated carbocycles. The van der Waals surface area contributed by atoms with Gasteiger partial charge in [-0.05, 0) is 54.5 Å². The van der Waals surface area contributed by atoms with Crippen molar-refractivity contribution in [2.24, 2.45) is 0 Å². The molecule has 0 saturated heterocycles. The van der Waals surface area contributed by atoms with E-state index in [4.69, 9.17) is 0 Å². The third-order valence-electron chi connectivity index (χ3n) is 4.59. The highest BCUT2D eigenvalue weighted by molar-refractivity contribution is 9.10. The summed E-state index contributed by atoms with van der Waals surface area (Å²) in [6.45, 7) is 4.59. The van der Waals surface area contributed by atoms with E-state index in [1.54, 1.807) is 0 Å². The Morgan fingerprint density at radius 3 is 2.57 bits per heavy atom. The molecule has 0 radical (unpaired) electrons. The zero-order valence-corrected chi connectivity index (χ0v) is 14.2. The molecule has 1 nitrogen and oxygen atoms in total. The average Bonchev–Trinajstić information content (AvgIpc) is 2.50. The molecule has 1 N–H and O–H groups in total. The minimum absolute atomic E-state index is 0.356. The van der Waals surface area contributed by atoms with Gasteiger partial charge >= 0.3 is 0 Å². The predicted molar refractivity (Wildman–Crippen MR) is 92.5 cm³/mol. The van der Waals surface area contributed by atoms with Crippen LogP contribution in [0.15, 0.2) is 53.0 Å². The molecule has 3 atom stereocenters. The Morgan fingerprint density at radius 2 is 1.81 bits per heavy atom. The number of hydrogen-bond acceptors (Lipinski definition) is 1. The second-order valence-electron chi connectivity index (χ2n) is 6.10. The Hall–Kier alpha value is -1.12. The van der Waals surface area contributed by atoms with Gasteiger partial charge < -0.3 is 5.32 Å². The van der Waals surface area contributed by atoms with Gasteiger partial charge in [0.05, 0.1) is 0 Å². The van der Waals surface area contributed by atoms with Crippen LogP contribution in [0.1, 0.15) is 61.4 Å². The molecule has 2 heteroatoms. The highest BCUT2D eigenvalue weighted by atomic mass is 79.9. The zero-order valence-electron chi connectivity index (χ0n) is 12.6. The minimum atomic E-state index is 0.356. The molecule has 0 bridgehead atoms. The largest absolute Gasteiger partial charge is 0.303 e. The average molecular weight is 344 g/mol. The molecule has 1 aliphatic carbocycles. The summed E-state index contributed by atoms with van der Waals surface area (Å²) in [5, 5.41) is 3.82. The van der Waals surface area contributed by atoms with Gasteiger partial charge in [0.2, 0.25) is 0 Å². The highest BCUT2D eigenvalue weighted by Crippen LogP contribution is 2.38. The van der Waals surface area contributed by atoms with Crippen molar-refractivity contribution in [3.63, 3.8) is 0 Å². The monoisotopic (exact) mass is 343 g/mol. The molecule has 0 amide bonds. The first kappa shape index (κ1) is 14.8. The molecule has 0 aromatic heterocycles. The van der Waals surface area contributed by atoms with Gasteiger partial charge in [-0.1, -0.05) is 59.3 Å². The number of fused-ring (bicyclic) bond motifs is 1. The number of benzene rings is 2. The Kier molecular flexibility index (Phi) is 4.46. The maximum Gasteiger partial charge on any atom is 0.0328 e. The van der Waals surface area contributed by atoms with Crippen LogP contribution in [0.3, 0.4) is 0 Å². The van der Waals surface area contributed by atoms with E-state index in [1.165, 1.54) is 29.5 Å². The van der Waals surface area contributed by atoms with Crippen molar-refractivity contribution in [3.05, 3.63) is 69.7 Å². The Labute approximate surface area is 135 Å². The summed E-state index contributed by atoms with van der Waals surface area (Å²) in [6, 6.07) is 18.3. The molecule has 1 aliphatic rings. The van der Waals surface area contributed by atoms with E-state index >= 15 is 0 Å². The van der Waals surface area contributed by atoms with E-state index in [9.17, 15) is 0 Å². The van der Waals surface area contributed by atoms with E-state index in [0.717, 1.165) is 4.47 Å². The van der Waals surface area contributed by atoms with Crippen LogP contribution < -0.4 is 5.32 Å². The summed E-state index contributed by atoms with van der Waals surface area (Å²) in [5.74, 6) is 0.681. The number of nitrogens with one attached hydrogen (secondary N) is 1. The van der Waals surface area contributed by atoms with Gasteiger partial charge in [-0.15, -0.1) is 0 Å². The van der Waals surface area contributed by atoms with E-state index < -0.39 is 0 Å². The summed E-state index contributed by atoms with van der Waals surface area (Å²) in [7, 11) is 0. The molecular weight excluding hydrogens is 322 g/mol. The van der Waals surface area contributed by atoms with Crippen molar-refractivity contribution >= 4 is 15.9 Å². The van der Waals surface area contributed by atoms with Crippen molar-refractivity contribution in [1.29, 1.82) is 0 Å². The van der Waals surface area contributed by atoms with Crippen molar-refractivity contribution in [2.75, 3.05) is 0 Å². The second kappa shape index (κ2) is 6.33. The predicted octanol–water partition coefficient (Wildman–Crippen LogP) is 5.74. The van der Waals surface area contributed by atoms with Gasteiger partial charge in [0.1, 0.15) is 0 Å². The SMILES string of the molecule is CC1CCC(NC(C)c2cccc(Br)c2)c2ccccc21. The van der Waals surface area contributed by atoms with Gasteiger partial charge in [0, 0.05) is 16.6 Å². The molecule has 0 fully saturated rings. The van der Waals surface area contributed by atoms with Crippen LogP contribution in [0, 0.1) is 0 Å². The van der Waals surface area contributed by atoms with Crippen molar-refractivity contribution in [1.82, 2.24) is 5.32 Å². The molecule has 21 heavy (non-hydrogen) atoms. The Bertz CT molecular complexity index is 622. The maximum absolute atomic E-state index is 3.82. The summed E-state index contributed by atoms with van der Waals surface area (Å²) >= 11 is 3.56. The number of halogens is 1. The lowest BCUT2D eigenvalue weighted by atomic mass is 9.81. The standard InChI is InChI=1S/C19H22BrN/c1-13-10-11-19(18-9-4-3-8-17(13)18)21-14(2)15-6-5-7-16(20)12-15/h3-9,12-14,19,21H,10-11H2,1-2H3.